The van der Waals surface area contributed by atoms with Gasteiger partial charge in [-0.25, -0.2) is 8.42 Å². The van der Waals surface area contributed by atoms with Gasteiger partial charge in [-0.2, -0.15) is 4.31 Å². The van der Waals surface area contributed by atoms with Gasteiger partial charge in [0, 0.05) is 25.7 Å². The number of nitrogens with zero attached hydrogens (tertiary/aromatic N) is 2. The van der Waals surface area contributed by atoms with E-state index in [1.165, 1.54) is 15.3 Å². The number of benzene rings is 2. The van der Waals surface area contributed by atoms with Crippen molar-refractivity contribution < 1.29 is 17.9 Å². The maximum atomic E-state index is 12.9. The Bertz CT molecular complexity index is 936. The third-order valence-corrected chi connectivity index (χ3v) is 7.01. The van der Waals surface area contributed by atoms with Crippen LogP contribution in [0.5, 0.6) is 5.75 Å². The molecule has 0 unspecified atom stereocenters. The second-order valence-electron chi connectivity index (χ2n) is 6.96. The fourth-order valence-electron chi connectivity index (χ4n) is 2.97. The molecule has 0 saturated carbocycles. The molecule has 0 aromatic heterocycles. The Morgan fingerprint density at radius 1 is 1.00 bits per heavy atom. The third-order valence-electron chi connectivity index (χ3n) is 4.82. The number of carbonyl (C=O) groups excluding carboxylic acids is 1. The van der Waals surface area contributed by atoms with Gasteiger partial charge in [-0.05, 0) is 43.7 Å². The number of sulfonamides is 1. The first kappa shape index (κ1) is 22.9. The number of hydrogen-bond acceptors (Lipinski definition) is 4. The molecule has 0 radical (unpaired) electrons. The van der Waals surface area contributed by atoms with Gasteiger partial charge < -0.3 is 9.64 Å². The van der Waals surface area contributed by atoms with Gasteiger partial charge >= 0.3 is 0 Å². The Morgan fingerprint density at radius 2 is 1.62 bits per heavy atom. The molecule has 0 spiro atoms. The van der Waals surface area contributed by atoms with Crippen LogP contribution in [0.1, 0.15) is 35.3 Å². The van der Waals surface area contributed by atoms with E-state index in [0.29, 0.717) is 37.4 Å². The number of rotatable bonds is 9. The van der Waals surface area contributed by atoms with E-state index in [0.717, 1.165) is 11.3 Å². The fraction of sp³-hybridized carbons (Fsp3) is 0.409. The maximum Gasteiger partial charge on any atom is 0.253 e. The average molecular weight is 419 g/mol. The van der Waals surface area contributed by atoms with Crippen molar-refractivity contribution in [1.82, 2.24) is 9.21 Å². The maximum absolute atomic E-state index is 12.9. The molecule has 0 heterocycles. The fourth-order valence-corrected chi connectivity index (χ4v) is 4.68. The quantitative estimate of drug-likeness (QED) is 0.625. The summed E-state index contributed by atoms with van der Waals surface area (Å²) < 4.78 is 32.9. The molecule has 0 aliphatic heterocycles. The molecule has 0 saturated heterocycles. The summed E-state index contributed by atoms with van der Waals surface area (Å²) in [5.74, 6) is 0.507. The van der Waals surface area contributed by atoms with Gasteiger partial charge in [-0.15, -0.1) is 0 Å². The van der Waals surface area contributed by atoms with Crippen LogP contribution < -0.4 is 4.74 Å². The molecule has 1 amide bonds. The van der Waals surface area contributed by atoms with Gasteiger partial charge in [0.2, 0.25) is 10.0 Å². The van der Waals surface area contributed by atoms with Gasteiger partial charge in [0.15, 0.2) is 0 Å². The van der Waals surface area contributed by atoms with Crippen molar-refractivity contribution in [3.05, 3.63) is 59.2 Å². The highest BCUT2D eigenvalue weighted by atomic mass is 32.2. The molecule has 2 aromatic carbocycles. The van der Waals surface area contributed by atoms with Crippen LogP contribution in [-0.4, -0.2) is 56.8 Å². The van der Waals surface area contributed by atoms with Crippen LogP contribution in [0.15, 0.2) is 47.4 Å². The van der Waals surface area contributed by atoms with Crippen LogP contribution in [0.25, 0.3) is 0 Å². The molecule has 0 aliphatic carbocycles. The molecule has 2 rings (SSSR count). The standard InChI is InChI=1S/C22H30N2O4S/c1-6-24(7-2)29(26,27)21-16-19(11-10-18(21)4)22(25)23(5)14-15-28-20-12-8-17(3)9-13-20/h8-13,16H,6-7,14-15H2,1-5H3. The lowest BCUT2D eigenvalue weighted by Crippen LogP contribution is -2.32. The van der Waals surface area contributed by atoms with E-state index >= 15 is 0 Å². The summed E-state index contributed by atoms with van der Waals surface area (Å²) in [6.07, 6.45) is 0. The number of ether oxygens (including phenoxy) is 1. The topological polar surface area (TPSA) is 66.9 Å². The molecule has 0 aliphatic rings. The summed E-state index contributed by atoms with van der Waals surface area (Å²) in [4.78, 5) is 14.5. The third kappa shape index (κ3) is 5.58. The number of carbonyl (C=O) groups is 1. The first-order valence-electron chi connectivity index (χ1n) is 9.76. The number of aryl methyl sites for hydroxylation is 2. The molecular formula is C22H30N2O4S. The number of amides is 1. The summed E-state index contributed by atoms with van der Waals surface area (Å²) in [6, 6.07) is 12.5. The van der Waals surface area contributed by atoms with Gasteiger partial charge in [-0.3, -0.25) is 4.79 Å². The summed E-state index contributed by atoms with van der Waals surface area (Å²) in [5, 5.41) is 0. The second kappa shape index (κ2) is 9.89. The van der Waals surface area contributed by atoms with Crippen molar-refractivity contribution in [1.29, 1.82) is 0 Å². The molecule has 0 N–H and O–H groups in total. The van der Waals surface area contributed by atoms with Crippen molar-refractivity contribution in [3.8, 4) is 5.75 Å². The summed E-state index contributed by atoms with van der Waals surface area (Å²) in [6.45, 7) is 8.84. The molecule has 0 bridgehead atoms. The van der Waals surface area contributed by atoms with E-state index in [1.54, 1.807) is 40.0 Å². The lowest BCUT2D eigenvalue weighted by atomic mass is 10.1. The highest BCUT2D eigenvalue weighted by molar-refractivity contribution is 7.89. The Kier molecular flexibility index (Phi) is 7.81. The summed E-state index contributed by atoms with van der Waals surface area (Å²) in [7, 11) is -1.95. The van der Waals surface area contributed by atoms with E-state index in [4.69, 9.17) is 4.74 Å². The predicted octanol–water partition coefficient (Wildman–Crippen LogP) is 3.48. The molecule has 29 heavy (non-hydrogen) atoms. The van der Waals surface area contributed by atoms with E-state index in [-0.39, 0.29) is 10.8 Å². The highest BCUT2D eigenvalue weighted by Gasteiger charge is 2.25. The van der Waals surface area contributed by atoms with E-state index in [9.17, 15) is 13.2 Å². The van der Waals surface area contributed by atoms with Crippen LogP contribution >= 0.6 is 0 Å². The van der Waals surface area contributed by atoms with Crippen molar-refractivity contribution >= 4 is 15.9 Å². The molecule has 0 fully saturated rings. The first-order valence-corrected chi connectivity index (χ1v) is 11.2. The van der Waals surface area contributed by atoms with Crippen molar-refractivity contribution in [2.24, 2.45) is 0 Å². The van der Waals surface area contributed by atoms with Crippen molar-refractivity contribution in [2.75, 3.05) is 33.3 Å². The normalized spacial score (nSPS) is 11.5. The van der Waals surface area contributed by atoms with Crippen LogP contribution in [-0.2, 0) is 10.0 Å². The minimum absolute atomic E-state index is 0.177. The molecule has 6 nitrogen and oxygen atoms in total. The molecular weight excluding hydrogens is 388 g/mol. The Hall–Kier alpha value is -2.38. The zero-order chi connectivity index (χ0) is 21.6. The van der Waals surface area contributed by atoms with Crippen LogP contribution in [0, 0.1) is 13.8 Å². The lowest BCUT2D eigenvalue weighted by Gasteiger charge is -2.21. The van der Waals surface area contributed by atoms with E-state index in [2.05, 4.69) is 0 Å². The zero-order valence-electron chi connectivity index (χ0n) is 17.8. The molecule has 2 aromatic rings. The SMILES string of the molecule is CCN(CC)S(=O)(=O)c1cc(C(=O)N(C)CCOc2ccc(C)cc2)ccc1C. The molecule has 7 heteroatoms. The lowest BCUT2D eigenvalue weighted by molar-refractivity contribution is 0.0773. The Labute approximate surface area is 174 Å². The van der Waals surface area contributed by atoms with Crippen LogP contribution in [0.4, 0.5) is 0 Å². The van der Waals surface area contributed by atoms with Gasteiger partial charge in [-0.1, -0.05) is 37.6 Å². The van der Waals surface area contributed by atoms with Gasteiger partial charge in [0.25, 0.3) is 5.91 Å². The Morgan fingerprint density at radius 3 is 2.21 bits per heavy atom. The number of likely N-dealkylation sites (N-methyl/N-ethyl adjacent to an activating group) is 1. The van der Waals surface area contributed by atoms with E-state index < -0.39 is 10.0 Å². The summed E-state index contributed by atoms with van der Waals surface area (Å²) in [5.41, 5.74) is 2.12. The van der Waals surface area contributed by atoms with Crippen LogP contribution in [0.3, 0.4) is 0 Å². The minimum Gasteiger partial charge on any atom is -0.492 e. The highest BCUT2D eigenvalue weighted by Crippen LogP contribution is 2.22. The smallest absolute Gasteiger partial charge is 0.253 e. The van der Waals surface area contributed by atoms with Crippen molar-refractivity contribution in [2.45, 2.75) is 32.6 Å². The summed E-state index contributed by atoms with van der Waals surface area (Å²) >= 11 is 0. The predicted molar refractivity (Wildman–Crippen MR) is 115 cm³/mol. The monoisotopic (exact) mass is 418 g/mol. The second-order valence-corrected chi connectivity index (χ2v) is 8.86. The van der Waals surface area contributed by atoms with Crippen LogP contribution in [0.2, 0.25) is 0 Å². The molecule has 158 valence electrons. The zero-order valence-corrected chi connectivity index (χ0v) is 18.6. The van der Waals surface area contributed by atoms with Crippen molar-refractivity contribution in [3.63, 3.8) is 0 Å². The van der Waals surface area contributed by atoms with E-state index in [1.807, 2.05) is 31.2 Å². The first-order chi connectivity index (χ1) is 13.7. The molecule has 0 atom stereocenters. The van der Waals surface area contributed by atoms with Gasteiger partial charge in [0.05, 0.1) is 11.4 Å². The Balaban J connectivity index is 2.11. The largest absolute Gasteiger partial charge is 0.492 e. The number of hydrogen-bond donors (Lipinski definition) is 0. The minimum atomic E-state index is -3.63. The van der Waals surface area contributed by atoms with Gasteiger partial charge in [0.1, 0.15) is 12.4 Å². The average Bonchev–Trinajstić information content (AvgIpc) is 2.69.